The summed E-state index contributed by atoms with van der Waals surface area (Å²) in [4.78, 5) is 26.3. The zero-order valence-corrected chi connectivity index (χ0v) is 18.2. The molecule has 0 bridgehead atoms. The molecule has 1 N–H and O–H groups in total. The van der Waals surface area contributed by atoms with Gasteiger partial charge in [-0.15, -0.1) is 0 Å². The van der Waals surface area contributed by atoms with Crippen LogP contribution >= 0.6 is 34.4 Å². The number of benzene rings is 2. The van der Waals surface area contributed by atoms with Gasteiger partial charge in [0.1, 0.15) is 12.4 Å². The van der Waals surface area contributed by atoms with E-state index in [4.69, 9.17) is 9.47 Å². The maximum absolute atomic E-state index is 12.6. The Morgan fingerprint density at radius 3 is 2.61 bits per heavy atom. The van der Waals surface area contributed by atoms with E-state index in [1.165, 1.54) is 12.0 Å². The van der Waals surface area contributed by atoms with Gasteiger partial charge >= 0.3 is 0 Å². The van der Waals surface area contributed by atoms with Crippen molar-refractivity contribution in [2.24, 2.45) is 0 Å². The van der Waals surface area contributed by atoms with E-state index in [9.17, 15) is 14.7 Å². The molecule has 0 unspecified atom stereocenters. The van der Waals surface area contributed by atoms with Gasteiger partial charge in [-0.05, 0) is 77.2 Å². The van der Waals surface area contributed by atoms with E-state index >= 15 is 0 Å². The van der Waals surface area contributed by atoms with Gasteiger partial charge in [0, 0.05) is 0 Å². The van der Waals surface area contributed by atoms with Crippen LogP contribution in [0.3, 0.4) is 0 Å². The molecule has 1 aliphatic heterocycles. The SMILES string of the molecule is COc1cc(/C=C2\SC(=O)N(CCOc3ccc(C)cc3)C2=O)cc(I)c1O. The molecule has 1 aliphatic rings. The van der Waals surface area contributed by atoms with Crippen molar-refractivity contribution < 1.29 is 24.2 Å². The van der Waals surface area contributed by atoms with E-state index < -0.39 is 0 Å². The third-order valence-electron chi connectivity index (χ3n) is 4.05. The third kappa shape index (κ3) is 4.61. The molecule has 0 aromatic heterocycles. The Bertz CT molecular complexity index is 942. The molecule has 0 saturated carbocycles. The monoisotopic (exact) mass is 511 g/mol. The maximum atomic E-state index is 12.6. The molecular weight excluding hydrogens is 493 g/mol. The van der Waals surface area contributed by atoms with Gasteiger partial charge in [0.2, 0.25) is 0 Å². The Morgan fingerprint density at radius 2 is 1.93 bits per heavy atom. The van der Waals surface area contributed by atoms with Gasteiger partial charge in [0.25, 0.3) is 11.1 Å². The number of hydrogen-bond donors (Lipinski definition) is 1. The zero-order valence-electron chi connectivity index (χ0n) is 15.3. The number of phenolic OH excluding ortho intramolecular Hbond substituents is 1. The van der Waals surface area contributed by atoms with Gasteiger partial charge in [-0.3, -0.25) is 14.5 Å². The summed E-state index contributed by atoms with van der Waals surface area (Å²) in [6.45, 7) is 2.38. The predicted octanol–water partition coefficient (Wildman–Crippen LogP) is 4.43. The van der Waals surface area contributed by atoms with Gasteiger partial charge in [0.05, 0.1) is 22.1 Å². The second-order valence-electron chi connectivity index (χ2n) is 6.05. The van der Waals surface area contributed by atoms with Crippen LogP contribution < -0.4 is 9.47 Å². The molecule has 0 radical (unpaired) electrons. The number of nitrogens with zero attached hydrogens (tertiary/aromatic N) is 1. The van der Waals surface area contributed by atoms with E-state index in [0.29, 0.717) is 25.5 Å². The minimum absolute atomic E-state index is 0.0432. The summed E-state index contributed by atoms with van der Waals surface area (Å²) in [6.07, 6.45) is 1.62. The normalized spacial score (nSPS) is 15.4. The lowest BCUT2D eigenvalue weighted by molar-refractivity contribution is -0.123. The molecule has 146 valence electrons. The summed E-state index contributed by atoms with van der Waals surface area (Å²) in [5, 5.41) is 9.59. The first kappa shape index (κ1) is 20.5. The number of aromatic hydroxyl groups is 1. The molecule has 3 rings (SSSR count). The summed E-state index contributed by atoms with van der Waals surface area (Å²) in [6, 6.07) is 10.9. The van der Waals surface area contributed by atoms with Crippen LogP contribution in [0, 0.1) is 10.5 Å². The number of rotatable bonds is 6. The highest BCUT2D eigenvalue weighted by atomic mass is 127. The van der Waals surface area contributed by atoms with Crippen molar-refractivity contribution in [3.05, 3.63) is 56.0 Å². The van der Waals surface area contributed by atoms with Crippen molar-refractivity contribution in [1.29, 1.82) is 0 Å². The summed E-state index contributed by atoms with van der Waals surface area (Å²) in [7, 11) is 1.46. The Morgan fingerprint density at radius 1 is 1.21 bits per heavy atom. The lowest BCUT2D eigenvalue weighted by Crippen LogP contribution is -2.32. The number of aryl methyl sites for hydroxylation is 1. The quantitative estimate of drug-likeness (QED) is 0.457. The molecule has 1 fully saturated rings. The molecule has 2 amide bonds. The van der Waals surface area contributed by atoms with Crippen LogP contribution in [0.4, 0.5) is 4.79 Å². The van der Waals surface area contributed by atoms with Crippen molar-refractivity contribution in [1.82, 2.24) is 4.90 Å². The van der Waals surface area contributed by atoms with Crippen molar-refractivity contribution >= 4 is 51.6 Å². The molecule has 0 atom stereocenters. The number of thioether (sulfide) groups is 1. The van der Waals surface area contributed by atoms with Crippen molar-refractivity contribution in [2.45, 2.75) is 6.92 Å². The van der Waals surface area contributed by atoms with E-state index in [-0.39, 0.29) is 30.0 Å². The molecule has 2 aromatic rings. The predicted molar refractivity (Wildman–Crippen MR) is 117 cm³/mol. The minimum atomic E-state index is -0.357. The molecule has 28 heavy (non-hydrogen) atoms. The summed E-state index contributed by atoms with van der Waals surface area (Å²) in [5.74, 6) is 0.689. The first-order valence-electron chi connectivity index (χ1n) is 8.40. The minimum Gasteiger partial charge on any atom is -0.504 e. The number of phenols is 1. The van der Waals surface area contributed by atoms with Crippen LogP contribution in [0.25, 0.3) is 6.08 Å². The number of amides is 2. The second kappa shape index (κ2) is 8.87. The summed E-state index contributed by atoms with van der Waals surface area (Å²) >= 11 is 2.87. The summed E-state index contributed by atoms with van der Waals surface area (Å²) < 4.78 is 11.3. The molecule has 6 nitrogen and oxygen atoms in total. The second-order valence-corrected chi connectivity index (χ2v) is 8.20. The number of hydrogen-bond acceptors (Lipinski definition) is 6. The largest absolute Gasteiger partial charge is 0.504 e. The van der Waals surface area contributed by atoms with E-state index in [0.717, 1.165) is 17.3 Å². The molecule has 2 aromatic carbocycles. The highest BCUT2D eigenvalue weighted by Gasteiger charge is 2.34. The molecule has 8 heteroatoms. The fourth-order valence-corrected chi connectivity index (χ4v) is 4.06. The molecule has 1 heterocycles. The van der Waals surface area contributed by atoms with Crippen molar-refractivity contribution in [2.75, 3.05) is 20.3 Å². The number of halogens is 1. The fourth-order valence-electron chi connectivity index (χ4n) is 2.57. The standard InChI is InChI=1S/C20H18INO5S/c1-12-3-5-14(6-4-12)27-8-7-22-19(24)17(28-20(22)25)11-13-9-15(21)18(23)16(10-13)26-2/h3-6,9-11,23H,7-8H2,1-2H3/b17-11-. The molecule has 0 aliphatic carbocycles. The number of ether oxygens (including phenoxy) is 2. The van der Waals surface area contributed by atoms with Gasteiger partial charge in [-0.2, -0.15) is 0 Å². The van der Waals surface area contributed by atoms with Gasteiger partial charge < -0.3 is 14.6 Å². The average Bonchev–Trinajstić information content (AvgIpc) is 2.93. The maximum Gasteiger partial charge on any atom is 0.293 e. The molecule has 1 saturated heterocycles. The third-order valence-corrected chi connectivity index (χ3v) is 5.78. The van der Waals surface area contributed by atoms with Crippen LogP contribution in [-0.2, 0) is 4.79 Å². The fraction of sp³-hybridized carbons (Fsp3) is 0.200. The number of methoxy groups -OCH3 is 1. The van der Waals surface area contributed by atoms with Crippen LogP contribution in [0.2, 0.25) is 0 Å². The summed E-state index contributed by atoms with van der Waals surface area (Å²) in [5.41, 5.74) is 1.80. The van der Waals surface area contributed by atoms with E-state index in [1.54, 1.807) is 18.2 Å². The van der Waals surface area contributed by atoms with E-state index in [1.807, 2.05) is 53.8 Å². The smallest absolute Gasteiger partial charge is 0.293 e. The highest BCUT2D eigenvalue weighted by Crippen LogP contribution is 2.36. The highest BCUT2D eigenvalue weighted by molar-refractivity contribution is 14.1. The van der Waals surface area contributed by atoms with Gasteiger partial charge in [-0.1, -0.05) is 17.7 Å². The Kier molecular flexibility index (Phi) is 6.50. The first-order valence-corrected chi connectivity index (χ1v) is 10.3. The van der Waals surface area contributed by atoms with Crippen molar-refractivity contribution in [3.8, 4) is 17.2 Å². The number of carbonyl (C=O) groups excluding carboxylic acids is 2. The Labute approximate surface area is 180 Å². The van der Waals surface area contributed by atoms with Crippen LogP contribution in [-0.4, -0.2) is 41.4 Å². The van der Waals surface area contributed by atoms with Gasteiger partial charge in [0.15, 0.2) is 11.5 Å². The number of imide groups is 1. The lowest BCUT2D eigenvalue weighted by atomic mass is 10.2. The number of carbonyl (C=O) groups is 2. The molecular formula is C20H18INO5S. The van der Waals surface area contributed by atoms with Crippen LogP contribution in [0.15, 0.2) is 41.3 Å². The topological polar surface area (TPSA) is 76.1 Å². The zero-order chi connectivity index (χ0) is 20.3. The van der Waals surface area contributed by atoms with Gasteiger partial charge in [-0.25, -0.2) is 0 Å². The first-order chi connectivity index (χ1) is 13.4. The van der Waals surface area contributed by atoms with E-state index in [2.05, 4.69) is 0 Å². The lowest BCUT2D eigenvalue weighted by Gasteiger charge is -2.13. The Balaban J connectivity index is 1.68. The average molecular weight is 511 g/mol. The van der Waals surface area contributed by atoms with Crippen molar-refractivity contribution in [3.63, 3.8) is 0 Å². The van der Waals surface area contributed by atoms with Crippen LogP contribution in [0.5, 0.6) is 17.2 Å². The van der Waals surface area contributed by atoms with Crippen LogP contribution in [0.1, 0.15) is 11.1 Å². The Hall–Kier alpha value is -2.20. The molecule has 0 spiro atoms.